The molecule has 1 aliphatic carbocycles. The normalized spacial score (nSPS) is 16.3. The Bertz CT molecular complexity index is 1170. The molecule has 0 unspecified atom stereocenters. The topological polar surface area (TPSA) is 69.4 Å². The van der Waals surface area contributed by atoms with Gasteiger partial charge in [-0.3, -0.25) is 14.3 Å². The quantitative estimate of drug-likeness (QED) is 0.613. The summed E-state index contributed by atoms with van der Waals surface area (Å²) < 4.78 is 22.4. The van der Waals surface area contributed by atoms with Gasteiger partial charge in [-0.2, -0.15) is 5.10 Å². The van der Waals surface area contributed by atoms with Crippen LogP contribution in [0.2, 0.25) is 0 Å². The van der Waals surface area contributed by atoms with E-state index in [1.54, 1.807) is 34.1 Å². The van der Waals surface area contributed by atoms with Gasteiger partial charge >= 0.3 is 0 Å². The van der Waals surface area contributed by atoms with Gasteiger partial charge in [-0.25, -0.2) is 4.39 Å². The van der Waals surface area contributed by atoms with E-state index in [0.717, 1.165) is 29.7 Å². The maximum absolute atomic E-state index is 13.1. The van der Waals surface area contributed by atoms with Crippen LogP contribution < -0.4 is 10.3 Å². The number of likely N-dealkylation sites (tertiary alicyclic amines) is 1. The minimum absolute atomic E-state index is 0.0274. The van der Waals surface area contributed by atoms with E-state index in [-0.39, 0.29) is 29.9 Å². The number of rotatable bonds is 6. The summed E-state index contributed by atoms with van der Waals surface area (Å²) in [7, 11) is 0. The van der Waals surface area contributed by atoms with E-state index in [4.69, 9.17) is 4.74 Å². The summed E-state index contributed by atoms with van der Waals surface area (Å²) in [5.74, 6) is 0.224. The monoisotopic (exact) mass is 422 g/mol. The standard InChI is InChI=1S/C23H23FN4O3/c1-15-8-20(9-22(29)28(15)19-6-7-19)31-21-12-26(13-21)23(30)14-27-11-17(10-25-27)16-2-4-18(24)5-3-16/h2-5,8-11,19,21H,6-7,12-14H2,1H3. The molecule has 7 nitrogen and oxygen atoms in total. The molecule has 1 saturated carbocycles. The Morgan fingerprint density at radius 3 is 2.58 bits per heavy atom. The molecule has 8 heteroatoms. The summed E-state index contributed by atoms with van der Waals surface area (Å²) in [6.45, 7) is 3.02. The van der Waals surface area contributed by atoms with Crippen molar-refractivity contribution in [3.05, 3.63) is 70.7 Å². The fraction of sp³-hybridized carbons (Fsp3) is 0.348. The lowest BCUT2D eigenvalue weighted by Crippen LogP contribution is -2.57. The van der Waals surface area contributed by atoms with Gasteiger partial charge in [-0.15, -0.1) is 0 Å². The predicted molar refractivity (Wildman–Crippen MR) is 112 cm³/mol. The minimum atomic E-state index is -0.292. The van der Waals surface area contributed by atoms with Crippen LogP contribution in [0.15, 0.2) is 53.6 Å². The number of carbonyl (C=O) groups excluding carboxylic acids is 1. The largest absolute Gasteiger partial charge is 0.486 e. The van der Waals surface area contributed by atoms with Crippen LogP contribution in [0.1, 0.15) is 24.6 Å². The molecule has 3 heterocycles. The summed E-state index contributed by atoms with van der Waals surface area (Å²) in [6, 6.07) is 9.92. The Balaban J connectivity index is 1.15. The fourth-order valence-corrected chi connectivity index (χ4v) is 3.94. The summed E-state index contributed by atoms with van der Waals surface area (Å²) in [5, 5.41) is 4.24. The zero-order chi connectivity index (χ0) is 21.5. The molecule has 160 valence electrons. The van der Waals surface area contributed by atoms with Gasteiger partial charge < -0.3 is 14.2 Å². The molecule has 3 aromatic rings. The maximum atomic E-state index is 13.1. The molecule has 1 aliphatic heterocycles. The number of carbonyl (C=O) groups is 1. The Hall–Kier alpha value is -3.42. The first-order valence-corrected chi connectivity index (χ1v) is 10.4. The second-order valence-electron chi connectivity index (χ2n) is 8.24. The highest BCUT2D eigenvalue weighted by Crippen LogP contribution is 2.35. The van der Waals surface area contributed by atoms with Gasteiger partial charge in [0.25, 0.3) is 5.56 Å². The van der Waals surface area contributed by atoms with Crippen molar-refractivity contribution >= 4 is 5.91 Å². The number of hydrogen-bond donors (Lipinski definition) is 0. The smallest absolute Gasteiger partial charge is 0.254 e. The lowest BCUT2D eigenvalue weighted by atomic mass is 10.1. The Kier molecular flexibility index (Phi) is 4.84. The van der Waals surface area contributed by atoms with Gasteiger partial charge in [-0.05, 0) is 43.5 Å². The van der Waals surface area contributed by atoms with Crippen LogP contribution in [0.4, 0.5) is 4.39 Å². The average Bonchev–Trinajstić information content (AvgIpc) is 3.42. The number of aromatic nitrogens is 3. The second-order valence-corrected chi connectivity index (χ2v) is 8.24. The van der Waals surface area contributed by atoms with Gasteiger partial charge in [0.1, 0.15) is 24.2 Å². The molecule has 0 atom stereocenters. The minimum Gasteiger partial charge on any atom is -0.486 e. The Labute approximate surface area is 178 Å². The van der Waals surface area contributed by atoms with Gasteiger partial charge in [0, 0.05) is 29.6 Å². The van der Waals surface area contributed by atoms with Crippen molar-refractivity contribution in [3.8, 4) is 16.9 Å². The molecule has 2 aromatic heterocycles. The van der Waals surface area contributed by atoms with Crippen molar-refractivity contribution in [2.45, 2.75) is 38.5 Å². The van der Waals surface area contributed by atoms with E-state index in [1.807, 2.05) is 17.6 Å². The van der Waals surface area contributed by atoms with Crippen molar-refractivity contribution in [1.29, 1.82) is 0 Å². The first-order valence-electron chi connectivity index (χ1n) is 10.4. The summed E-state index contributed by atoms with van der Waals surface area (Å²) in [4.78, 5) is 26.6. The summed E-state index contributed by atoms with van der Waals surface area (Å²) in [5.41, 5.74) is 2.55. The molecule has 0 N–H and O–H groups in total. The van der Waals surface area contributed by atoms with Crippen molar-refractivity contribution in [1.82, 2.24) is 19.2 Å². The second kappa shape index (κ2) is 7.68. The highest BCUT2D eigenvalue weighted by molar-refractivity contribution is 5.77. The Morgan fingerprint density at radius 1 is 1.16 bits per heavy atom. The fourth-order valence-electron chi connectivity index (χ4n) is 3.94. The van der Waals surface area contributed by atoms with E-state index >= 15 is 0 Å². The number of ether oxygens (including phenoxy) is 1. The number of amides is 1. The SMILES string of the molecule is Cc1cc(OC2CN(C(=O)Cn3cc(-c4ccc(F)cc4)cn3)C2)cc(=O)n1C1CC1. The van der Waals surface area contributed by atoms with E-state index in [9.17, 15) is 14.0 Å². The summed E-state index contributed by atoms with van der Waals surface area (Å²) >= 11 is 0. The molecule has 2 fully saturated rings. The third-order valence-electron chi connectivity index (χ3n) is 5.76. The highest BCUT2D eigenvalue weighted by atomic mass is 19.1. The van der Waals surface area contributed by atoms with Crippen molar-refractivity contribution in [2.75, 3.05) is 13.1 Å². The van der Waals surface area contributed by atoms with Crippen LogP contribution >= 0.6 is 0 Å². The molecule has 0 radical (unpaired) electrons. The first kappa shape index (κ1) is 19.5. The summed E-state index contributed by atoms with van der Waals surface area (Å²) in [6.07, 6.45) is 5.43. The van der Waals surface area contributed by atoms with Crippen LogP contribution in [-0.2, 0) is 11.3 Å². The zero-order valence-corrected chi connectivity index (χ0v) is 17.2. The number of nitrogens with zero attached hydrogens (tertiary/aromatic N) is 4. The first-order chi connectivity index (χ1) is 15.0. The van der Waals surface area contributed by atoms with E-state index in [2.05, 4.69) is 5.10 Å². The van der Waals surface area contributed by atoms with Gasteiger partial charge in [-0.1, -0.05) is 12.1 Å². The van der Waals surface area contributed by atoms with E-state index < -0.39 is 0 Å². The lowest BCUT2D eigenvalue weighted by molar-refractivity contribution is -0.140. The third kappa shape index (κ3) is 4.10. The zero-order valence-electron chi connectivity index (χ0n) is 17.2. The lowest BCUT2D eigenvalue weighted by Gasteiger charge is -2.39. The average molecular weight is 422 g/mol. The van der Waals surface area contributed by atoms with E-state index in [0.29, 0.717) is 24.9 Å². The number of benzene rings is 1. The van der Waals surface area contributed by atoms with Crippen LogP contribution in [0.5, 0.6) is 5.75 Å². The highest BCUT2D eigenvalue weighted by Gasteiger charge is 2.33. The molecule has 1 amide bonds. The van der Waals surface area contributed by atoms with Crippen LogP contribution in [0.3, 0.4) is 0 Å². The molecule has 5 rings (SSSR count). The van der Waals surface area contributed by atoms with Gasteiger partial charge in [0.2, 0.25) is 5.91 Å². The van der Waals surface area contributed by atoms with Crippen molar-refractivity contribution in [3.63, 3.8) is 0 Å². The molecule has 0 bridgehead atoms. The third-order valence-corrected chi connectivity index (χ3v) is 5.76. The van der Waals surface area contributed by atoms with Gasteiger partial charge in [0.05, 0.1) is 19.3 Å². The van der Waals surface area contributed by atoms with Crippen LogP contribution in [0, 0.1) is 12.7 Å². The van der Waals surface area contributed by atoms with E-state index in [1.165, 1.54) is 18.2 Å². The van der Waals surface area contributed by atoms with Crippen molar-refractivity contribution < 1.29 is 13.9 Å². The Morgan fingerprint density at radius 2 is 1.90 bits per heavy atom. The number of hydrogen-bond acceptors (Lipinski definition) is 4. The molecule has 0 spiro atoms. The predicted octanol–water partition coefficient (Wildman–Crippen LogP) is 2.78. The van der Waals surface area contributed by atoms with Crippen LogP contribution in [0.25, 0.3) is 11.1 Å². The molecular formula is C23H23FN4O3. The molecule has 2 aliphatic rings. The molecule has 1 saturated heterocycles. The molecule has 1 aromatic carbocycles. The van der Waals surface area contributed by atoms with Gasteiger partial charge in [0.15, 0.2) is 0 Å². The maximum Gasteiger partial charge on any atom is 0.254 e. The number of halogens is 1. The molecular weight excluding hydrogens is 399 g/mol. The van der Waals surface area contributed by atoms with Crippen LogP contribution in [-0.4, -0.2) is 44.3 Å². The van der Waals surface area contributed by atoms with Crippen molar-refractivity contribution in [2.24, 2.45) is 0 Å². The molecule has 31 heavy (non-hydrogen) atoms. The number of aryl methyl sites for hydroxylation is 1. The number of pyridine rings is 1.